The number of aromatic nitrogens is 2. The molecule has 3 rings (SSSR count). The lowest BCUT2D eigenvalue weighted by Gasteiger charge is -2.10. The predicted octanol–water partition coefficient (Wildman–Crippen LogP) is 3.97. The first-order valence-electron chi connectivity index (χ1n) is 9.39. The Balaban J connectivity index is 1.70. The number of hydrogen-bond donors (Lipinski definition) is 2. The van der Waals surface area contributed by atoms with Crippen molar-refractivity contribution in [3.8, 4) is 0 Å². The van der Waals surface area contributed by atoms with Gasteiger partial charge in [-0.05, 0) is 55.3 Å². The van der Waals surface area contributed by atoms with Gasteiger partial charge in [-0.15, -0.1) is 0 Å². The molecule has 0 saturated carbocycles. The van der Waals surface area contributed by atoms with Crippen LogP contribution < -0.4 is 10.9 Å². The molecular formula is C21H18F3N3O4S2. The molecule has 2 N–H and O–H groups in total. The summed E-state index contributed by atoms with van der Waals surface area (Å²) in [5.74, 6) is -0.906. The molecule has 1 amide bonds. The predicted molar refractivity (Wildman–Crippen MR) is 117 cm³/mol. The SMILES string of the molecule is Cc1ccc(S(=O)(=O)c2cnc(SCC(=O)Nc3cccc(C(F)(F)F)c3)[nH]c2=O)cc1C. The molecule has 1 aromatic heterocycles. The standard InChI is InChI=1S/C21H18F3N3O4S2/c1-12-6-7-16(8-13(12)2)33(30,31)17-10-25-20(27-19(17)29)32-11-18(28)26-15-5-3-4-14(9-15)21(22,23)24/h3-10H,11H2,1-2H3,(H,26,28)(H,25,27,29). The number of alkyl halides is 3. The molecule has 12 heteroatoms. The van der Waals surface area contributed by atoms with Crippen LogP contribution in [0.3, 0.4) is 0 Å². The molecule has 3 aromatic rings. The number of anilines is 1. The highest BCUT2D eigenvalue weighted by Crippen LogP contribution is 2.30. The van der Waals surface area contributed by atoms with E-state index < -0.39 is 37.9 Å². The van der Waals surface area contributed by atoms with Crippen LogP contribution in [0.4, 0.5) is 18.9 Å². The minimum absolute atomic E-state index is 0.0155. The van der Waals surface area contributed by atoms with Crippen LogP contribution in [0.15, 0.2) is 68.4 Å². The third-order valence-electron chi connectivity index (χ3n) is 4.64. The first kappa shape index (κ1) is 24.5. The van der Waals surface area contributed by atoms with Gasteiger partial charge in [0.05, 0.1) is 22.4 Å². The number of aryl methyl sites for hydroxylation is 2. The molecule has 33 heavy (non-hydrogen) atoms. The molecule has 0 fully saturated rings. The highest BCUT2D eigenvalue weighted by molar-refractivity contribution is 7.99. The van der Waals surface area contributed by atoms with E-state index in [-0.39, 0.29) is 21.5 Å². The number of thioether (sulfide) groups is 1. The third-order valence-corrected chi connectivity index (χ3v) is 7.27. The van der Waals surface area contributed by atoms with Crippen molar-refractivity contribution in [3.05, 3.63) is 75.7 Å². The van der Waals surface area contributed by atoms with Crippen molar-refractivity contribution in [2.75, 3.05) is 11.1 Å². The molecule has 0 saturated heterocycles. The molecule has 0 aliphatic heterocycles. The van der Waals surface area contributed by atoms with E-state index in [1.54, 1.807) is 13.0 Å². The molecule has 0 aliphatic carbocycles. The fourth-order valence-electron chi connectivity index (χ4n) is 2.74. The Morgan fingerprint density at radius 1 is 1.12 bits per heavy atom. The summed E-state index contributed by atoms with van der Waals surface area (Å²) in [4.78, 5) is 30.1. The Morgan fingerprint density at radius 2 is 1.85 bits per heavy atom. The highest BCUT2D eigenvalue weighted by atomic mass is 32.2. The van der Waals surface area contributed by atoms with Gasteiger partial charge in [0.1, 0.15) is 0 Å². The first-order valence-corrected chi connectivity index (χ1v) is 11.9. The fourth-order valence-corrected chi connectivity index (χ4v) is 4.70. The van der Waals surface area contributed by atoms with Crippen LogP contribution in [0, 0.1) is 13.8 Å². The zero-order valence-electron chi connectivity index (χ0n) is 17.4. The van der Waals surface area contributed by atoms with Crippen LogP contribution in [0.25, 0.3) is 0 Å². The molecule has 1 heterocycles. The van der Waals surface area contributed by atoms with Crippen molar-refractivity contribution < 1.29 is 26.4 Å². The summed E-state index contributed by atoms with van der Waals surface area (Å²) >= 11 is 0.795. The molecule has 7 nitrogen and oxygen atoms in total. The second-order valence-electron chi connectivity index (χ2n) is 7.05. The molecule has 0 aliphatic rings. The van der Waals surface area contributed by atoms with Crippen molar-refractivity contribution in [2.45, 2.75) is 35.0 Å². The lowest BCUT2D eigenvalue weighted by Crippen LogP contribution is -2.20. The number of benzene rings is 2. The van der Waals surface area contributed by atoms with E-state index in [0.717, 1.165) is 41.2 Å². The molecular weight excluding hydrogens is 479 g/mol. The van der Waals surface area contributed by atoms with Gasteiger partial charge < -0.3 is 10.3 Å². The second kappa shape index (κ2) is 9.40. The van der Waals surface area contributed by atoms with Gasteiger partial charge in [-0.1, -0.05) is 23.9 Å². The van der Waals surface area contributed by atoms with Crippen LogP contribution in [0.1, 0.15) is 16.7 Å². The van der Waals surface area contributed by atoms with Crippen LogP contribution in [-0.4, -0.2) is 30.0 Å². The number of carbonyl (C=O) groups excluding carboxylic acids is 1. The Kier molecular flexibility index (Phi) is 6.98. The Labute approximate surface area is 191 Å². The monoisotopic (exact) mass is 497 g/mol. The normalized spacial score (nSPS) is 11.9. The maximum Gasteiger partial charge on any atom is 0.416 e. The molecule has 0 unspecified atom stereocenters. The molecule has 0 radical (unpaired) electrons. The number of aromatic amines is 1. The summed E-state index contributed by atoms with van der Waals surface area (Å²) in [6, 6.07) is 8.66. The number of sulfone groups is 1. The average molecular weight is 498 g/mol. The molecule has 2 aromatic carbocycles. The van der Waals surface area contributed by atoms with E-state index in [1.807, 2.05) is 6.92 Å². The largest absolute Gasteiger partial charge is 0.416 e. The second-order valence-corrected chi connectivity index (χ2v) is 9.93. The number of halogens is 3. The number of H-pyrrole nitrogens is 1. The van der Waals surface area contributed by atoms with Gasteiger partial charge >= 0.3 is 6.18 Å². The maximum atomic E-state index is 12.8. The maximum absolute atomic E-state index is 12.8. The molecule has 174 valence electrons. The molecule has 0 atom stereocenters. The number of amides is 1. The number of rotatable bonds is 6. The van der Waals surface area contributed by atoms with Crippen LogP contribution in [-0.2, 0) is 20.8 Å². The van der Waals surface area contributed by atoms with Crippen molar-refractivity contribution in [3.63, 3.8) is 0 Å². The van der Waals surface area contributed by atoms with Gasteiger partial charge in [-0.3, -0.25) is 9.59 Å². The summed E-state index contributed by atoms with van der Waals surface area (Å²) < 4.78 is 63.9. The lowest BCUT2D eigenvalue weighted by molar-refractivity contribution is -0.137. The minimum Gasteiger partial charge on any atom is -0.325 e. The number of nitrogens with zero attached hydrogens (tertiary/aromatic N) is 1. The Hall–Kier alpha value is -3.12. The lowest BCUT2D eigenvalue weighted by atomic mass is 10.1. The van der Waals surface area contributed by atoms with E-state index in [2.05, 4.69) is 15.3 Å². The van der Waals surface area contributed by atoms with Gasteiger partial charge in [0.15, 0.2) is 10.1 Å². The van der Waals surface area contributed by atoms with Crippen LogP contribution in [0.2, 0.25) is 0 Å². The van der Waals surface area contributed by atoms with Crippen molar-refractivity contribution >= 4 is 33.2 Å². The Morgan fingerprint density at radius 3 is 2.48 bits per heavy atom. The van der Waals surface area contributed by atoms with E-state index in [1.165, 1.54) is 24.3 Å². The highest BCUT2D eigenvalue weighted by Gasteiger charge is 2.30. The zero-order valence-corrected chi connectivity index (χ0v) is 19.0. The van der Waals surface area contributed by atoms with Crippen molar-refractivity contribution in [1.29, 1.82) is 0 Å². The zero-order chi connectivity index (χ0) is 24.4. The van der Waals surface area contributed by atoms with Crippen molar-refractivity contribution in [2.24, 2.45) is 0 Å². The van der Waals surface area contributed by atoms with E-state index in [9.17, 15) is 31.2 Å². The molecule has 0 spiro atoms. The van der Waals surface area contributed by atoms with Gasteiger partial charge in [-0.2, -0.15) is 13.2 Å². The van der Waals surface area contributed by atoms with Crippen molar-refractivity contribution in [1.82, 2.24) is 9.97 Å². The quantitative estimate of drug-likeness (QED) is 0.394. The van der Waals surface area contributed by atoms with Gasteiger partial charge in [0.2, 0.25) is 15.7 Å². The number of carbonyl (C=O) groups is 1. The van der Waals surface area contributed by atoms with Gasteiger partial charge in [0, 0.05) is 5.69 Å². The fraction of sp³-hybridized carbons (Fsp3) is 0.190. The average Bonchev–Trinajstić information content (AvgIpc) is 2.73. The number of nitrogens with one attached hydrogen (secondary N) is 2. The summed E-state index contributed by atoms with van der Waals surface area (Å²) in [5, 5.41) is 2.32. The number of hydrogen-bond acceptors (Lipinski definition) is 6. The molecule has 0 bridgehead atoms. The topological polar surface area (TPSA) is 109 Å². The summed E-state index contributed by atoms with van der Waals surface area (Å²) in [6.45, 7) is 3.58. The van der Waals surface area contributed by atoms with E-state index in [0.29, 0.717) is 0 Å². The minimum atomic E-state index is -4.54. The van der Waals surface area contributed by atoms with Crippen LogP contribution >= 0.6 is 11.8 Å². The third kappa shape index (κ3) is 5.82. The Bertz CT molecular complexity index is 1370. The smallest absolute Gasteiger partial charge is 0.325 e. The summed E-state index contributed by atoms with van der Waals surface area (Å²) in [6.07, 6.45) is -3.63. The summed E-state index contributed by atoms with van der Waals surface area (Å²) in [5.41, 5.74) is -0.189. The summed E-state index contributed by atoms with van der Waals surface area (Å²) in [7, 11) is -4.10. The van der Waals surface area contributed by atoms with Gasteiger partial charge in [-0.25, -0.2) is 13.4 Å². The van der Waals surface area contributed by atoms with E-state index >= 15 is 0 Å². The van der Waals surface area contributed by atoms with E-state index in [4.69, 9.17) is 0 Å². The van der Waals surface area contributed by atoms with Gasteiger partial charge in [0.25, 0.3) is 5.56 Å². The van der Waals surface area contributed by atoms with Crippen LogP contribution in [0.5, 0.6) is 0 Å². The first-order chi connectivity index (χ1) is 15.4.